The van der Waals surface area contributed by atoms with Crippen LogP contribution >= 0.6 is 0 Å². The zero-order chi connectivity index (χ0) is 18.9. The van der Waals surface area contributed by atoms with E-state index in [2.05, 4.69) is 10.3 Å². The highest BCUT2D eigenvalue weighted by Crippen LogP contribution is 2.40. The van der Waals surface area contributed by atoms with Gasteiger partial charge in [0.25, 0.3) is 0 Å². The third-order valence-electron chi connectivity index (χ3n) is 5.29. The predicted molar refractivity (Wildman–Crippen MR) is 93.6 cm³/mol. The van der Waals surface area contributed by atoms with Crippen molar-refractivity contribution in [2.75, 3.05) is 13.1 Å². The summed E-state index contributed by atoms with van der Waals surface area (Å²) in [6.07, 6.45) is 0.804. The van der Waals surface area contributed by atoms with Gasteiger partial charge in [-0.15, -0.1) is 5.11 Å². The van der Waals surface area contributed by atoms with Crippen LogP contribution in [-0.2, 0) is 0 Å². The number of nitrogens with zero attached hydrogens (tertiary/aromatic N) is 4. The van der Waals surface area contributed by atoms with E-state index in [-0.39, 0.29) is 11.3 Å². The lowest BCUT2D eigenvalue weighted by Gasteiger charge is -2.35. The summed E-state index contributed by atoms with van der Waals surface area (Å²) in [6.45, 7) is 5.23. The molecule has 1 aromatic rings. The number of hydrogen-bond acceptors (Lipinski definition) is 4. The maximum absolute atomic E-state index is 14.9. The minimum atomic E-state index is -1.25. The fraction of sp³-hybridized carbons (Fsp3) is 0.611. The summed E-state index contributed by atoms with van der Waals surface area (Å²) in [5.41, 5.74) is -0.495. The van der Waals surface area contributed by atoms with Crippen molar-refractivity contribution < 1.29 is 19.4 Å². The normalized spacial score (nSPS) is 23.8. The summed E-state index contributed by atoms with van der Waals surface area (Å²) in [5.74, 6) is -0.655. The molecule has 0 spiro atoms. The Hall–Kier alpha value is -2.22. The Morgan fingerprint density at radius 1 is 1.35 bits per heavy atom. The maximum Gasteiger partial charge on any atom is 0.408 e. The molecule has 2 heterocycles. The van der Waals surface area contributed by atoms with Crippen molar-refractivity contribution in [1.29, 1.82) is 0 Å². The van der Waals surface area contributed by atoms with E-state index >= 15 is 0 Å². The Morgan fingerprint density at radius 3 is 2.69 bits per heavy atom. The molecule has 142 valence electrons. The van der Waals surface area contributed by atoms with E-state index < -0.39 is 29.6 Å². The molecule has 2 fully saturated rings. The topological polar surface area (TPSA) is 88.7 Å². The van der Waals surface area contributed by atoms with Crippen LogP contribution in [0.3, 0.4) is 0 Å². The standard InChI is InChI=1S/C18H25FN4O3/c1-18(2)9-8-14(23(18)17(25)26)16(24)12-6-5-7-13(15(12)19)20-21-22-10-3-4-11-22/h5-7,14,16,24H,3-4,8-11H2,1-2H3,(H,25,26)/b21-20+/t14-,16-/m1/s1. The molecule has 26 heavy (non-hydrogen) atoms. The highest BCUT2D eigenvalue weighted by molar-refractivity contribution is 5.67. The van der Waals surface area contributed by atoms with Crippen LogP contribution in [-0.4, -0.2) is 50.9 Å². The Kier molecular flexibility index (Phi) is 5.13. The van der Waals surface area contributed by atoms with E-state index in [0.29, 0.717) is 12.8 Å². The Bertz CT molecular complexity index is 704. The number of halogens is 1. The van der Waals surface area contributed by atoms with E-state index in [9.17, 15) is 19.4 Å². The van der Waals surface area contributed by atoms with Crippen LogP contribution in [0.2, 0.25) is 0 Å². The molecule has 2 N–H and O–H groups in total. The van der Waals surface area contributed by atoms with E-state index in [1.165, 1.54) is 17.0 Å². The number of likely N-dealkylation sites (tertiary alicyclic amines) is 1. The minimum Gasteiger partial charge on any atom is -0.465 e. The molecule has 2 aliphatic rings. The molecule has 1 amide bonds. The largest absolute Gasteiger partial charge is 0.465 e. The van der Waals surface area contributed by atoms with Crippen molar-refractivity contribution in [2.24, 2.45) is 10.3 Å². The molecule has 0 bridgehead atoms. The lowest BCUT2D eigenvalue weighted by Crippen LogP contribution is -2.48. The number of aliphatic hydroxyl groups is 1. The van der Waals surface area contributed by atoms with Crippen LogP contribution < -0.4 is 0 Å². The zero-order valence-corrected chi connectivity index (χ0v) is 15.1. The van der Waals surface area contributed by atoms with Crippen molar-refractivity contribution in [3.05, 3.63) is 29.6 Å². The first kappa shape index (κ1) is 18.6. The molecule has 8 heteroatoms. The van der Waals surface area contributed by atoms with Gasteiger partial charge in [-0.05, 0) is 45.6 Å². The van der Waals surface area contributed by atoms with Gasteiger partial charge in [0.15, 0.2) is 5.82 Å². The van der Waals surface area contributed by atoms with Crippen molar-refractivity contribution in [2.45, 2.75) is 57.2 Å². The van der Waals surface area contributed by atoms with Gasteiger partial charge in [-0.2, -0.15) is 0 Å². The predicted octanol–water partition coefficient (Wildman–Crippen LogP) is 3.87. The molecule has 0 radical (unpaired) electrons. The number of aliphatic hydroxyl groups excluding tert-OH is 1. The second-order valence-corrected chi connectivity index (χ2v) is 7.55. The van der Waals surface area contributed by atoms with Crippen molar-refractivity contribution in [3.63, 3.8) is 0 Å². The molecule has 2 aliphatic heterocycles. The van der Waals surface area contributed by atoms with Crippen LogP contribution in [0.5, 0.6) is 0 Å². The average molecular weight is 364 g/mol. The Morgan fingerprint density at radius 2 is 2.04 bits per heavy atom. The number of rotatable bonds is 4. The molecular weight excluding hydrogens is 339 g/mol. The third-order valence-corrected chi connectivity index (χ3v) is 5.29. The highest BCUT2D eigenvalue weighted by Gasteiger charge is 2.46. The quantitative estimate of drug-likeness (QED) is 0.794. The number of hydrogen-bond donors (Lipinski definition) is 2. The highest BCUT2D eigenvalue weighted by atomic mass is 19.1. The zero-order valence-electron chi connectivity index (χ0n) is 15.1. The summed E-state index contributed by atoms with van der Waals surface area (Å²) in [5, 5.41) is 30.1. The van der Waals surface area contributed by atoms with E-state index in [0.717, 1.165) is 25.9 Å². The van der Waals surface area contributed by atoms with E-state index in [1.54, 1.807) is 11.1 Å². The lowest BCUT2D eigenvalue weighted by molar-refractivity contribution is 0.0347. The van der Waals surface area contributed by atoms with Crippen LogP contribution in [0.4, 0.5) is 14.9 Å². The number of carbonyl (C=O) groups is 1. The Balaban J connectivity index is 1.84. The molecule has 0 saturated carbocycles. The maximum atomic E-state index is 14.9. The summed E-state index contributed by atoms with van der Waals surface area (Å²) in [7, 11) is 0. The van der Waals surface area contributed by atoms with Crippen molar-refractivity contribution >= 4 is 11.8 Å². The summed E-state index contributed by atoms with van der Waals surface area (Å²) in [4.78, 5) is 12.9. The van der Waals surface area contributed by atoms with Gasteiger partial charge in [-0.3, -0.25) is 9.91 Å². The van der Waals surface area contributed by atoms with Gasteiger partial charge >= 0.3 is 6.09 Å². The van der Waals surface area contributed by atoms with Gasteiger partial charge in [0.2, 0.25) is 0 Å². The first-order valence-electron chi connectivity index (χ1n) is 8.96. The second-order valence-electron chi connectivity index (χ2n) is 7.55. The molecular formula is C18H25FN4O3. The first-order chi connectivity index (χ1) is 12.3. The minimum absolute atomic E-state index is 0.0487. The fourth-order valence-corrected chi connectivity index (χ4v) is 3.85. The van der Waals surface area contributed by atoms with E-state index in [4.69, 9.17) is 0 Å². The van der Waals surface area contributed by atoms with Crippen molar-refractivity contribution in [1.82, 2.24) is 9.91 Å². The van der Waals surface area contributed by atoms with Crippen LogP contribution in [0.25, 0.3) is 0 Å². The lowest BCUT2D eigenvalue weighted by atomic mass is 9.99. The van der Waals surface area contributed by atoms with Gasteiger partial charge in [0.1, 0.15) is 11.8 Å². The van der Waals surface area contributed by atoms with Gasteiger partial charge < -0.3 is 10.2 Å². The van der Waals surface area contributed by atoms with Crippen LogP contribution in [0, 0.1) is 5.82 Å². The molecule has 3 rings (SSSR count). The third kappa shape index (κ3) is 3.51. The molecule has 0 aliphatic carbocycles. The molecule has 2 saturated heterocycles. The van der Waals surface area contributed by atoms with Gasteiger partial charge in [0, 0.05) is 24.2 Å². The number of benzene rings is 1. The molecule has 0 unspecified atom stereocenters. The van der Waals surface area contributed by atoms with E-state index in [1.807, 2.05) is 13.8 Å². The average Bonchev–Trinajstić information content (AvgIpc) is 3.20. The summed E-state index contributed by atoms with van der Waals surface area (Å²) >= 11 is 0. The molecule has 2 atom stereocenters. The summed E-state index contributed by atoms with van der Waals surface area (Å²) in [6, 6.07) is 3.88. The number of amides is 1. The van der Waals surface area contributed by atoms with Gasteiger partial charge in [-0.1, -0.05) is 17.4 Å². The second kappa shape index (κ2) is 7.19. The smallest absolute Gasteiger partial charge is 0.408 e. The first-order valence-corrected chi connectivity index (χ1v) is 8.96. The molecule has 0 aromatic heterocycles. The monoisotopic (exact) mass is 364 g/mol. The molecule has 7 nitrogen and oxygen atoms in total. The Labute approximate surface area is 152 Å². The van der Waals surface area contributed by atoms with Crippen molar-refractivity contribution in [3.8, 4) is 0 Å². The SMILES string of the molecule is CC1(C)CC[C@H]([C@H](O)c2cccc(/N=N/N3CCCC3)c2F)N1C(=O)O. The summed E-state index contributed by atoms with van der Waals surface area (Å²) < 4.78 is 14.9. The van der Waals surface area contributed by atoms with Gasteiger partial charge in [-0.25, -0.2) is 9.18 Å². The van der Waals surface area contributed by atoms with Gasteiger partial charge in [0.05, 0.1) is 6.04 Å². The van der Waals surface area contributed by atoms with Crippen LogP contribution in [0.1, 0.15) is 51.2 Å². The fourth-order valence-electron chi connectivity index (χ4n) is 3.85. The van der Waals surface area contributed by atoms with Crippen LogP contribution in [0.15, 0.2) is 28.5 Å². The number of carboxylic acid groups (broad SMARTS) is 1. The molecule has 1 aromatic carbocycles.